The predicted molar refractivity (Wildman–Crippen MR) is 106 cm³/mol. The number of aromatic nitrogens is 4. The summed E-state index contributed by atoms with van der Waals surface area (Å²) in [4.78, 5) is 40.1. The van der Waals surface area contributed by atoms with Crippen molar-refractivity contribution in [3.8, 4) is 6.07 Å². The van der Waals surface area contributed by atoms with Crippen LogP contribution < -0.4 is 15.9 Å². The smallest absolute Gasteiger partial charge is 0.266 e. The van der Waals surface area contributed by atoms with Gasteiger partial charge in [-0.25, -0.2) is 9.97 Å². The van der Waals surface area contributed by atoms with Gasteiger partial charge in [0.15, 0.2) is 0 Å². The fraction of sp³-hybridized carbons (Fsp3) is 0.250. The van der Waals surface area contributed by atoms with Crippen LogP contribution in [-0.4, -0.2) is 32.4 Å². The van der Waals surface area contributed by atoms with Crippen molar-refractivity contribution in [1.82, 2.24) is 19.4 Å². The fourth-order valence-electron chi connectivity index (χ4n) is 3.85. The Morgan fingerprint density at radius 3 is 2.75 bits per heavy atom. The molecule has 5 rings (SSSR count). The SMILES string of the molecule is Cc1ccc2[nH]c3c(C#N)c(=O)c4nc(N5CCCC5)ncc4n3c(=O)c2c1. The molecule has 4 heterocycles. The first-order chi connectivity index (χ1) is 13.6. The average Bonchev–Trinajstić information content (AvgIpc) is 3.23. The lowest BCUT2D eigenvalue weighted by molar-refractivity contribution is 0.903. The Hall–Kier alpha value is -3.73. The van der Waals surface area contributed by atoms with Gasteiger partial charge in [-0.15, -0.1) is 0 Å². The largest absolute Gasteiger partial charge is 0.341 e. The number of hydrogen-bond donors (Lipinski definition) is 1. The number of fused-ring (bicyclic) bond motifs is 4. The molecule has 1 saturated heterocycles. The van der Waals surface area contributed by atoms with Gasteiger partial charge in [-0.3, -0.25) is 14.0 Å². The number of H-pyrrole nitrogens is 1. The van der Waals surface area contributed by atoms with E-state index in [1.807, 2.05) is 24.0 Å². The molecule has 4 aromatic rings. The normalized spacial score (nSPS) is 14.2. The molecule has 0 atom stereocenters. The van der Waals surface area contributed by atoms with E-state index in [4.69, 9.17) is 0 Å². The Labute approximate surface area is 158 Å². The molecule has 138 valence electrons. The molecule has 8 heteroatoms. The van der Waals surface area contributed by atoms with Gasteiger partial charge < -0.3 is 9.88 Å². The van der Waals surface area contributed by atoms with Crippen molar-refractivity contribution in [3.05, 3.63) is 56.1 Å². The second-order valence-corrected chi connectivity index (χ2v) is 7.08. The van der Waals surface area contributed by atoms with Crippen LogP contribution in [0.1, 0.15) is 24.0 Å². The molecule has 1 aliphatic heterocycles. The van der Waals surface area contributed by atoms with Crippen LogP contribution in [0.25, 0.3) is 27.6 Å². The van der Waals surface area contributed by atoms with E-state index in [9.17, 15) is 14.9 Å². The van der Waals surface area contributed by atoms with Gasteiger partial charge in [0.25, 0.3) is 5.56 Å². The van der Waals surface area contributed by atoms with Crippen LogP contribution in [0.3, 0.4) is 0 Å². The van der Waals surface area contributed by atoms with Crippen molar-refractivity contribution in [2.24, 2.45) is 0 Å². The first-order valence-electron chi connectivity index (χ1n) is 9.11. The van der Waals surface area contributed by atoms with Crippen molar-refractivity contribution in [1.29, 1.82) is 5.26 Å². The Morgan fingerprint density at radius 2 is 2.00 bits per heavy atom. The highest BCUT2D eigenvalue weighted by molar-refractivity contribution is 5.87. The van der Waals surface area contributed by atoms with Gasteiger partial charge in [0.05, 0.1) is 22.6 Å². The molecule has 1 aliphatic rings. The molecule has 0 radical (unpaired) electrons. The number of nitrogens with zero attached hydrogens (tertiary/aromatic N) is 5. The van der Waals surface area contributed by atoms with Gasteiger partial charge in [-0.1, -0.05) is 11.6 Å². The van der Waals surface area contributed by atoms with Crippen LogP contribution in [0.2, 0.25) is 0 Å². The fourth-order valence-corrected chi connectivity index (χ4v) is 3.85. The lowest BCUT2D eigenvalue weighted by Gasteiger charge is -2.16. The molecule has 1 N–H and O–H groups in total. The van der Waals surface area contributed by atoms with E-state index in [1.165, 1.54) is 10.6 Å². The highest BCUT2D eigenvalue weighted by atomic mass is 16.1. The van der Waals surface area contributed by atoms with Gasteiger partial charge in [0.2, 0.25) is 11.4 Å². The van der Waals surface area contributed by atoms with Crippen molar-refractivity contribution < 1.29 is 0 Å². The highest BCUT2D eigenvalue weighted by Gasteiger charge is 2.20. The van der Waals surface area contributed by atoms with E-state index in [2.05, 4.69) is 15.0 Å². The molecule has 3 aromatic heterocycles. The molecule has 0 amide bonds. The zero-order valence-corrected chi connectivity index (χ0v) is 15.2. The number of aryl methyl sites for hydroxylation is 1. The third kappa shape index (κ3) is 2.23. The van der Waals surface area contributed by atoms with Crippen LogP contribution in [0, 0.1) is 18.3 Å². The summed E-state index contributed by atoms with van der Waals surface area (Å²) in [6.45, 7) is 3.56. The first kappa shape index (κ1) is 16.4. The van der Waals surface area contributed by atoms with E-state index in [1.54, 1.807) is 12.1 Å². The number of aromatic amines is 1. The lowest BCUT2D eigenvalue weighted by Crippen LogP contribution is -2.25. The maximum atomic E-state index is 13.2. The molecular formula is C20H16N6O2. The lowest BCUT2D eigenvalue weighted by atomic mass is 10.1. The summed E-state index contributed by atoms with van der Waals surface area (Å²) in [5, 5.41) is 10.1. The highest BCUT2D eigenvalue weighted by Crippen LogP contribution is 2.20. The van der Waals surface area contributed by atoms with Gasteiger partial charge in [0, 0.05) is 13.1 Å². The monoisotopic (exact) mass is 372 g/mol. The van der Waals surface area contributed by atoms with E-state index >= 15 is 0 Å². The quantitative estimate of drug-likeness (QED) is 0.404. The summed E-state index contributed by atoms with van der Waals surface area (Å²) in [5.41, 5.74) is 1.12. The van der Waals surface area contributed by atoms with Crippen molar-refractivity contribution in [3.63, 3.8) is 0 Å². The summed E-state index contributed by atoms with van der Waals surface area (Å²) in [7, 11) is 0. The Balaban J connectivity index is 1.96. The summed E-state index contributed by atoms with van der Waals surface area (Å²) in [6.07, 6.45) is 3.60. The zero-order chi connectivity index (χ0) is 19.4. The minimum absolute atomic E-state index is 0.0865. The second-order valence-electron chi connectivity index (χ2n) is 7.08. The predicted octanol–water partition coefficient (Wildman–Crippen LogP) is 1.86. The first-order valence-corrected chi connectivity index (χ1v) is 9.11. The third-order valence-corrected chi connectivity index (χ3v) is 5.26. The number of benzene rings is 1. The second kappa shape index (κ2) is 5.89. The zero-order valence-electron chi connectivity index (χ0n) is 15.2. The molecule has 0 aliphatic carbocycles. The van der Waals surface area contributed by atoms with Gasteiger partial charge in [0.1, 0.15) is 22.8 Å². The number of pyridine rings is 1. The number of rotatable bonds is 1. The van der Waals surface area contributed by atoms with E-state index < -0.39 is 5.43 Å². The van der Waals surface area contributed by atoms with Crippen molar-refractivity contribution in [2.75, 3.05) is 18.0 Å². The van der Waals surface area contributed by atoms with Crippen molar-refractivity contribution in [2.45, 2.75) is 19.8 Å². The van der Waals surface area contributed by atoms with Crippen LogP contribution >= 0.6 is 0 Å². The minimum Gasteiger partial charge on any atom is -0.341 e. The molecule has 0 bridgehead atoms. The summed E-state index contributed by atoms with van der Waals surface area (Å²) in [6, 6.07) is 7.37. The molecule has 1 fully saturated rings. The topological polar surface area (TPSA) is 107 Å². The summed E-state index contributed by atoms with van der Waals surface area (Å²) in [5.74, 6) is 0.457. The molecule has 0 saturated carbocycles. The molecule has 1 aromatic carbocycles. The molecule has 28 heavy (non-hydrogen) atoms. The maximum absolute atomic E-state index is 13.2. The summed E-state index contributed by atoms with van der Waals surface area (Å²) < 4.78 is 1.34. The Bertz CT molecular complexity index is 1440. The average molecular weight is 372 g/mol. The molecule has 8 nitrogen and oxygen atoms in total. The molecular weight excluding hydrogens is 356 g/mol. The molecule has 0 spiro atoms. The van der Waals surface area contributed by atoms with Crippen molar-refractivity contribution >= 4 is 33.5 Å². The number of nitriles is 1. The third-order valence-electron chi connectivity index (χ3n) is 5.26. The van der Waals surface area contributed by atoms with Crippen LogP contribution in [0.4, 0.5) is 5.95 Å². The molecule has 0 unspecified atom stereocenters. The summed E-state index contributed by atoms with van der Waals surface area (Å²) >= 11 is 0. The van der Waals surface area contributed by atoms with Gasteiger partial charge in [-0.2, -0.15) is 5.26 Å². The van der Waals surface area contributed by atoms with E-state index in [0.717, 1.165) is 31.5 Å². The van der Waals surface area contributed by atoms with Gasteiger partial charge in [-0.05, 0) is 31.9 Å². The minimum atomic E-state index is -0.498. The maximum Gasteiger partial charge on any atom is 0.266 e. The number of hydrogen-bond acceptors (Lipinski definition) is 6. The Morgan fingerprint density at radius 1 is 1.21 bits per heavy atom. The standard InChI is InChI=1S/C20H16N6O2/c1-11-4-5-14-12(8-11)19(28)26-15-10-22-20(25-6-2-3-7-25)24-16(15)17(27)13(9-21)18(26)23-14/h4-5,8,10,23H,2-3,6-7H2,1H3. The van der Waals surface area contributed by atoms with E-state index in [0.29, 0.717) is 22.4 Å². The van der Waals surface area contributed by atoms with E-state index in [-0.39, 0.29) is 22.3 Å². The van der Waals surface area contributed by atoms with Crippen LogP contribution in [0.15, 0.2) is 34.0 Å². The van der Waals surface area contributed by atoms with Crippen LogP contribution in [-0.2, 0) is 0 Å². The van der Waals surface area contributed by atoms with Gasteiger partial charge >= 0.3 is 0 Å². The number of anilines is 1. The number of nitrogens with one attached hydrogen (secondary N) is 1. The Kier molecular flexibility index (Phi) is 3.46. The van der Waals surface area contributed by atoms with Crippen LogP contribution in [0.5, 0.6) is 0 Å².